The summed E-state index contributed by atoms with van der Waals surface area (Å²) in [6, 6.07) is 4.64. The highest BCUT2D eigenvalue weighted by Gasteiger charge is 2.34. The first-order valence-electron chi connectivity index (χ1n) is 5.35. The van der Waals surface area contributed by atoms with Gasteiger partial charge in [0.1, 0.15) is 11.9 Å². The van der Waals surface area contributed by atoms with E-state index in [-0.39, 0.29) is 5.69 Å². The minimum absolute atomic E-state index is 0.0410. The van der Waals surface area contributed by atoms with Crippen molar-refractivity contribution in [3.8, 4) is 0 Å². The van der Waals surface area contributed by atoms with Crippen molar-refractivity contribution in [2.75, 3.05) is 0 Å². The molecule has 2 N–H and O–H groups in total. The van der Waals surface area contributed by atoms with Gasteiger partial charge in [0, 0.05) is 6.20 Å². The Morgan fingerprint density at radius 1 is 1.33 bits per heavy atom. The van der Waals surface area contributed by atoms with Crippen molar-refractivity contribution in [3.63, 3.8) is 0 Å². The minimum Gasteiger partial charge on any atom is -0.446 e. The molecule has 0 aliphatic heterocycles. The zero-order valence-electron chi connectivity index (χ0n) is 10.1. The molecule has 2 unspecified atom stereocenters. The first-order valence-corrected chi connectivity index (χ1v) is 5.35. The molecule has 6 nitrogen and oxygen atoms in total. The number of Topliss-reactive ketones (excluding diaryl/α,β-unsaturated/α-hetero) is 2. The van der Waals surface area contributed by atoms with Gasteiger partial charge in [0.05, 0.1) is 0 Å². The van der Waals surface area contributed by atoms with Gasteiger partial charge in [-0.3, -0.25) is 25.1 Å². The van der Waals surface area contributed by atoms with Crippen LogP contribution in [0.3, 0.4) is 0 Å². The van der Waals surface area contributed by atoms with Crippen LogP contribution in [0.25, 0.3) is 0 Å². The number of carbonyl (C=O) groups is 3. The lowest BCUT2D eigenvalue weighted by molar-refractivity contribution is -0.153. The molecule has 1 rings (SSSR count). The molecular formula is C12H14N2O4. The van der Waals surface area contributed by atoms with Gasteiger partial charge in [0.15, 0.2) is 11.7 Å². The molecule has 2 atom stereocenters. The molecule has 18 heavy (non-hydrogen) atoms. The fourth-order valence-corrected chi connectivity index (χ4v) is 1.37. The summed E-state index contributed by atoms with van der Waals surface area (Å²) in [5.74, 6) is -3.75. The quantitative estimate of drug-likeness (QED) is 0.349. The van der Waals surface area contributed by atoms with Gasteiger partial charge < -0.3 is 4.74 Å². The van der Waals surface area contributed by atoms with Crippen LogP contribution in [-0.2, 0) is 14.3 Å². The van der Waals surface area contributed by atoms with Crippen molar-refractivity contribution in [2.24, 2.45) is 11.7 Å². The number of ketones is 2. The topological polar surface area (TPSA) is 99.4 Å². The van der Waals surface area contributed by atoms with Crippen molar-refractivity contribution in [1.82, 2.24) is 4.98 Å². The maximum atomic E-state index is 12.0. The second-order valence-electron chi connectivity index (χ2n) is 3.76. The molecule has 0 bridgehead atoms. The van der Waals surface area contributed by atoms with E-state index in [0.29, 0.717) is 0 Å². The van der Waals surface area contributed by atoms with Gasteiger partial charge in [-0.25, -0.2) is 0 Å². The zero-order chi connectivity index (χ0) is 13.7. The van der Waals surface area contributed by atoms with E-state index < -0.39 is 29.7 Å². The monoisotopic (exact) mass is 250 g/mol. The summed E-state index contributed by atoms with van der Waals surface area (Å²) < 4.78 is 4.69. The van der Waals surface area contributed by atoms with Crippen molar-refractivity contribution < 1.29 is 19.1 Å². The Labute approximate surface area is 104 Å². The number of esters is 1. The third-order valence-corrected chi connectivity index (χ3v) is 2.12. The fraction of sp³-hybridized carbons (Fsp3) is 0.333. The lowest BCUT2D eigenvalue weighted by Gasteiger charge is -2.13. The van der Waals surface area contributed by atoms with Gasteiger partial charge in [0.25, 0.3) is 0 Å². The second-order valence-corrected chi connectivity index (χ2v) is 3.76. The molecule has 1 aromatic rings. The van der Waals surface area contributed by atoms with Crippen LogP contribution in [0.2, 0.25) is 0 Å². The molecule has 0 amide bonds. The van der Waals surface area contributed by atoms with Gasteiger partial charge in [-0.15, -0.1) is 0 Å². The van der Waals surface area contributed by atoms with Crippen LogP contribution in [0.5, 0.6) is 0 Å². The number of pyridine rings is 1. The zero-order valence-corrected chi connectivity index (χ0v) is 10.1. The molecule has 0 aromatic carbocycles. The summed E-state index contributed by atoms with van der Waals surface area (Å²) in [5.41, 5.74) is 5.33. The number of ether oxygens (including phenoxy) is 1. The van der Waals surface area contributed by atoms with Crippen LogP contribution in [0.4, 0.5) is 0 Å². The van der Waals surface area contributed by atoms with E-state index in [2.05, 4.69) is 9.72 Å². The Bertz CT molecular complexity index is 456. The molecule has 0 saturated carbocycles. The summed E-state index contributed by atoms with van der Waals surface area (Å²) in [4.78, 5) is 38.8. The number of aromatic nitrogens is 1. The summed E-state index contributed by atoms with van der Waals surface area (Å²) in [5, 5.41) is 0. The minimum atomic E-state index is -1.51. The van der Waals surface area contributed by atoms with Crippen LogP contribution in [0, 0.1) is 5.92 Å². The lowest BCUT2D eigenvalue weighted by Crippen LogP contribution is -2.36. The number of hydrogen-bond donors (Lipinski definition) is 1. The Hall–Kier alpha value is -2.08. The molecule has 1 heterocycles. The maximum Gasteiger partial charge on any atom is 0.326 e. The molecular weight excluding hydrogens is 236 g/mol. The van der Waals surface area contributed by atoms with E-state index in [1.54, 1.807) is 12.1 Å². The third-order valence-electron chi connectivity index (χ3n) is 2.12. The SMILES string of the molecule is CC(=O)C(C(=O)OC(C)N)C(=O)c1ccccn1. The van der Waals surface area contributed by atoms with Crippen LogP contribution in [0.1, 0.15) is 24.3 Å². The first kappa shape index (κ1) is 14.0. The number of nitrogens with zero attached hydrogens (tertiary/aromatic N) is 1. The maximum absolute atomic E-state index is 12.0. The highest BCUT2D eigenvalue weighted by Crippen LogP contribution is 2.11. The average molecular weight is 250 g/mol. The number of carbonyl (C=O) groups excluding carboxylic acids is 3. The van der Waals surface area contributed by atoms with E-state index in [9.17, 15) is 14.4 Å². The lowest BCUT2D eigenvalue weighted by atomic mass is 9.97. The van der Waals surface area contributed by atoms with Crippen molar-refractivity contribution in [3.05, 3.63) is 30.1 Å². The molecule has 0 spiro atoms. The largest absolute Gasteiger partial charge is 0.446 e. The highest BCUT2D eigenvalue weighted by molar-refractivity contribution is 6.21. The van der Waals surface area contributed by atoms with Gasteiger partial charge in [-0.1, -0.05) is 6.07 Å². The molecule has 0 aliphatic carbocycles. The van der Waals surface area contributed by atoms with E-state index in [0.717, 1.165) is 6.92 Å². The Morgan fingerprint density at radius 2 is 2.00 bits per heavy atom. The Balaban J connectivity index is 2.96. The van der Waals surface area contributed by atoms with Crippen molar-refractivity contribution >= 4 is 17.5 Å². The van der Waals surface area contributed by atoms with Crippen LogP contribution in [-0.4, -0.2) is 28.7 Å². The second kappa shape index (κ2) is 6.02. The summed E-state index contributed by atoms with van der Waals surface area (Å²) >= 11 is 0. The van der Waals surface area contributed by atoms with Gasteiger partial charge in [-0.2, -0.15) is 0 Å². The smallest absolute Gasteiger partial charge is 0.326 e. The Morgan fingerprint density at radius 3 is 2.44 bits per heavy atom. The molecule has 0 fully saturated rings. The number of rotatable bonds is 5. The molecule has 0 saturated heterocycles. The summed E-state index contributed by atoms with van der Waals surface area (Å²) in [6.45, 7) is 2.58. The van der Waals surface area contributed by atoms with Crippen LogP contribution in [0.15, 0.2) is 24.4 Å². The molecule has 0 aliphatic rings. The van der Waals surface area contributed by atoms with Gasteiger partial charge >= 0.3 is 5.97 Å². The van der Waals surface area contributed by atoms with Crippen molar-refractivity contribution in [2.45, 2.75) is 20.1 Å². The number of hydrogen-bond acceptors (Lipinski definition) is 6. The summed E-state index contributed by atoms with van der Waals surface area (Å²) in [7, 11) is 0. The van der Waals surface area contributed by atoms with Gasteiger partial charge in [-0.05, 0) is 26.0 Å². The third kappa shape index (κ3) is 3.46. The number of nitrogens with two attached hydrogens (primary N) is 1. The van der Waals surface area contributed by atoms with Crippen LogP contribution >= 0.6 is 0 Å². The summed E-state index contributed by atoms with van der Waals surface area (Å²) in [6.07, 6.45) is 0.525. The average Bonchev–Trinajstić information content (AvgIpc) is 2.28. The first-order chi connectivity index (χ1) is 8.43. The predicted molar refractivity (Wildman–Crippen MR) is 62.5 cm³/mol. The molecule has 1 aromatic heterocycles. The highest BCUT2D eigenvalue weighted by atomic mass is 16.6. The predicted octanol–water partition coefficient (Wildman–Crippen LogP) is 0.317. The van der Waals surface area contributed by atoms with E-state index in [1.165, 1.54) is 19.2 Å². The molecule has 96 valence electrons. The van der Waals surface area contributed by atoms with Crippen LogP contribution < -0.4 is 5.73 Å². The normalized spacial score (nSPS) is 13.5. The van der Waals surface area contributed by atoms with E-state index in [1.807, 2.05) is 0 Å². The fourth-order valence-electron chi connectivity index (χ4n) is 1.37. The standard InChI is InChI=1S/C12H14N2O4/c1-7(15)10(12(17)18-8(2)13)11(16)9-5-3-4-6-14-9/h3-6,8,10H,13H2,1-2H3. The van der Waals surface area contributed by atoms with Crippen molar-refractivity contribution in [1.29, 1.82) is 0 Å². The van der Waals surface area contributed by atoms with E-state index in [4.69, 9.17) is 5.73 Å². The van der Waals surface area contributed by atoms with E-state index >= 15 is 0 Å². The Kier molecular flexibility index (Phi) is 4.67. The molecule has 0 radical (unpaired) electrons. The van der Waals surface area contributed by atoms with Gasteiger partial charge in [0.2, 0.25) is 5.78 Å². The molecule has 6 heteroatoms.